The Hall–Kier alpha value is -0.270. The van der Waals surface area contributed by atoms with Crippen LogP contribution < -0.4 is 0 Å². The summed E-state index contributed by atoms with van der Waals surface area (Å²) in [5.74, 6) is 0.753. The van der Waals surface area contributed by atoms with Crippen LogP contribution in [-0.4, -0.2) is 4.98 Å². The lowest BCUT2D eigenvalue weighted by Crippen LogP contribution is -1.92. The van der Waals surface area contributed by atoms with Gasteiger partial charge in [-0.3, -0.25) is 0 Å². The van der Waals surface area contributed by atoms with E-state index in [0.717, 1.165) is 12.3 Å². The first kappa shape index (κ1) is 11.8. The molecule has 0 fully saturated rings. The molecule has 0 spiro atoms. The number of hydrogen-bond donors (Lipinski definition) is 0. The van der Waals surface area contributed by atoms with Crippen LogP contribution in [0.3, 0.4) is 0 Å². The van der Waals surface area contributed by atoms with Gasteiger partial charge in [-0.15, -0.1) is 0 Å². The van der Waals surface area contributed by atoms with Crippen molar-refractivity contribution in [2.75, 3.05) is 0 Å². The van der Waals surface area contributed by atoms with Gasteiger partial charge < -0.3 is 0 Å². The summed E-state index contributed by atoms with van der Waals surface area (Å²) in [6.07, 6.45) is 3.44. The van der Waals surface area contributed by atoms with Gasteiger partial charge in [-0.2, -0.15) is 0 Å². The van der Waals surface area contributed by atoms with Crippen molar-refractivity contribution in [2.24, 2.45) is 5.92 Å². The van der Waals surface area contributed by atoms with Crippen molar-refractivity contribution in [3.8, 4) is 0 Å². The second kappa shape index (κ2) is 5.57. The van der Waals surface area contributed by atoms with Crippen molar-refractivity contribution in [3.05, 3.63) is 28.0 Å². The Bertz CT molecular complexity index is 277. The van der Waals surface area contributed by atoms with Crippen molar-refractivity contribution in [3.63, 3.8) is 0 Å². The maximum atomic E-state index is 5.80. The molecule has 3 heteroatoms. The van der Waals surface area contributed by atoms with Crippen LogP contribution in [0.15, 0.2) is 12.1 Å². The Morgan fingerprint density at radius 1 is 1.21 bits per heavy atom. The van der Waals surface area contributed by atoms with E-state index < -0.39 is 0 Å². The van der Waals surface area contributed by atoms with Crippen molar-refractivity contribution in [1.29, 1.82) is 0 Å². The Kier molecular flexibility index (Phi) is 4.70. The Labute approximate surface area is 95.4 Å². The summed E-state index contributed by atoms with van der Waals surface area (Å²) < 4.78 is 0. The maximum Gasteiger partial charge on any atom is 0.131 e. The quantitative estimate of drug-likeness (QED) is 0.702. The third kappa shape index (κ3) is 4.30. The number of aromatic nitrogens is 1. The highest BCUT2D eigenvalue weighted by molar-refractivity contribution is 6.32. The van der Waals surface area contributed by atoms with Crippen molar-refractivity contribution in [1.82, 2.24) is 4.98 Å². The molecular formula is C11H15Cl2N. The fourth-order valence-corrected chi connectivity index (χ4v) is 1.88. The van der Waals surface area contributed by atoms with Gasteiger partial charge in [0, 0.05) is 0 Å². The minimum absolute atomic E-state index is 0.483. The number of aryl methyl sites for hydroxylation is 1. The van der Waals surface area contributed by atoms with Crippen molar-refractivity contribution < 1.29 is 0 Å². The number of rotatable bonds is 4. The standard InChI is InChI=1S/C11H15Cl2N/c1-8(2)4-3-5-9-6-10(12)14-11(13)7-9/h6-8H,3-5H2,1-2H3. The van der Waals surface area contributed by atoms with Crippen LogP contribution in [0.4, 0.5) is 0 Å². The number of halogens is 2. The molecule has 0 bridgehead atoms. The molecule has 1 aromatic rings. The zero-order valence-corrected chi connectivity index (χ0v) is 10.1. The Balaban J connectivity index is 2.50. The van der Waals surface area contributed by atoms with Gasteiger partial charge in [-0.1, -0.05) is 43.5 Å². The van der Waals surface area contributed by atoms with E-state index in [2.05, 4.69) is 18.8 Å². The molecule has 0 amide bonds. The van der Waals surface area contributed by atoms with E-state index in [4.69, 9.17) is 23.2 Å². The lowest BCUT2D eigenvalue weighted by atomic mass is 10.0. The summed E-state index contributed by atoms with van der Waals surface area (Å²) in [4.78, 5) is 3.91. The van der Waals surface area contributed by atoms with E-state index in [0.29, 0.717) is 10.3 Å². The van der Waals surface area contributed by atoms with E-state index >= 15 is 0 Å². The summed E-state index contributed by atoms with van der Waals surface area (Å²) in [6, 6.07) is 3.77. The van der Waals surface area contributed by atoms with Gasteiger partial charge in [0.15, 0.2) is 0 Å². The molecule has 0 saturated carbocycles. The highest BCUT2D eigenvalue weighted by Crippen LogP contribution is 2.17. The average molecular weight is 232 g/mol. The topological polar surface area (TPSA) is 12.9 Å². The van der Waals surface area contributed by atoms with E-state index in [1.165, 1.54) is 18.4 Å². The van der Waals surface area contributed by atoms with Gasteiger partial charge in [0.2, 0.25) is 0 Å². The second-order valence-electron chi connectivity index (χ2n) is 3.91. The first-order chi connectivity index (χ1) is 6.58. The summed E-state index contributed by atoms with van der Waals surface area (Å²) in [6.45, 7) is 4.46. The predicted octanol–water partition coefficient (Wildman–Crippen LogP) is 4.37. The van der Waals surface area contributed by atoms with Gasteiger partial charge >= 0.3 is 0 Å². The first-order valence-electron chi connectivity index (χ1n) is 4.90. The molecule has 0 N–H and O–H groups in total. The molecule has 0 saturated heterocycles. The highest BCUT2D eigenvalue weighted by atomic mass is 35.5. The third-order valence-electron chi connectivity index (χ3n) is 2.07. The molecule has 0 aliphatic heterocycles. The van der Waals surface area contributed by atoms with E-state index in [1.807, 2.05) is 12.1 Å². The van der Waals surface area contributed by atoms with Gasteiger partial charge in [-0.05, 0) is 36.5 Å². The minimum Gasteiger partial charge on any atom is -0.224 e. The Morgan fingerprint density at radius 2 is 1.79 bits per heavy atom. The molecule has 0 aliphatic carbocycles. The molecule has 0 aromatic carbocycles. The maximum absolute atomic E-state index is 5.80. The van der Waals surface area contributed by atoms with Crippen LogP contribution in [0.25, 0.3) is 0 Å². The molecule has 1 rings (SSSR count). The average Bonchev–Trinajstić information content (AvgIpc) is 2.01. The Morgan fingerprint density at radius 3 is 2.29 bits per heavy atom. The molecule has 0 radical (unpaired) electrons. The predicted molar refractivity (Wildman–Crippen MR) is 62.0 cm³/mol. The van der Waals surface area contributed by atoms with Gasteiger partial charge in [0.1, 0.15) is 10.3 Å². The molecule has 0 atom stereocenters. The highest BCUT2D eigenvalue weighted by Gasteiger charge is 2.00. The molecule has 1 heterocycles. The van der Waals surface area contributed by atoms with Gasteiger partial charge in [0.05, 0.1) is 0 Å². The summed E-state index contributed by atoms with van der Waals surface area (Å²) in [5, 5.41) is 0.967. The SMILES string of the molecule is CC(C)CCCc1cc(Cl)nc(Cl)c1. The summed E-state index contributed by atoms with van der Waals surface area (Å²) in [7, 11) is 0. The lowest BCUT2D eigenvalue weighted by molar-refractivity contribution is 0.556. The van der Waals surface area contributed by atoms with Crippen LogP contribution in [-0.2, 0) is 6.42 Å². The van der Waals surface area contributed by atoms with Crippen LogP contribution >= 0.6 is 23.2 Å². The van der Waals surface area contributed by atoms with Crippen LogP contribution in [0.2, 0.25) is 10.3 Å². The minimum atomic E-state index is 0.483. The fraction of sp³-hybridized carbons (Fsp3) is 0.545. The van der Waals surface area contributed by atoms with Crippen LogP contribution in [0.1, 0.15) is 32.3 Å². The number of hydrogen-bond acceptors (Lipinski definition) is 1. The molecule has 1 nitrogen and oxygen atoms in total. The fourth-order valence-electron chi connectivity index (χ4n) is 1.37. The van der Waals surface area contributed by atoms with Crippen LogP contribution in [0, 0.1) is 5.92 Å². The molecule has 0 aliphatic rings. The van der Waals surface area contributed by atoms with Crippen molar-refractivity contribution in [2.45, 2.75) is 33.1 Å². The zero-order chi connectivity index (χ0) is 10.6. The molecular weight excluding hydrogens is 217 g/mol. The van der Waals surface area contributed by atoms with E-state index in [1.54, 1.807) is 0 Å². The third-order valence-corrected chi connectivity index (χ3v) is 2.46. The normalized spacial score (nSPS) is 10.9. The number of pyridine rings is 1. The lowest BCUT2D eigenvalue weighted by Gasteiger charge is -2.05. The molecule has 78 valence electrons. The summed E-state index contributed by atoms with van der Waals surface area (Å²) >= 11 is 11.6. The largest absolute Gasteiger partial charge is 0.224 e. The van der Waals surface area contributed by atoms with E-state index in [9.17, 15) is 0 Å². The zero-order valence-electron chi connectivity index (χ0n) is 8.56. The van der Waals surface area contributed by atoms with E-state index in [-0.39, 0.29) is 0 Å². The smallest absolute Gasteiger partial charge is 0.131 e. The van der Waals surface area contributed by atoms with Crippen molar-refractivity contribution >= 4 is 23.2 Å². The van der Waals surface area contributed by atoms with Crippen LogP contribution in [0.5, 0.6) is 0 Å². The molecule has 0 unspecified atom stereocenters. The molecule has 1 aromatic heterocycles. The van der Waals surface area contributed by atoms with Gasteiger partial charge in [0.25, 0.3) is 0 Å². The summed E-state index contributed by atoms with van der Waals surface area (Å²) in [5.41, 5.74) is 1.18. The second-order valence-corrected chi connectivity index (χ2v) is 4.68. The first-order valence-corrected chi connectivity index (χ1v) is 5.65. The monoisotopic (exact) mass is 231 g/mol. The molecule has 14 heavy (non-hydrogen) atoms. The van der Waals surface area contributed by atoms with Gasteiger partial charge in [-0.25, -0.2) is 4.98 Å². The number of nitrogens with zero attached hydrogens (tertiary/aromatic N) is 1.